The number of hydrogen-bond acceptors (Lipinski definition) is 7. The molecule has 0 bridgehead atoms. The fourth-order valence-electron chi connectivity index (χ4n) is 6.02. The van der Waals surface area contributed by atoms with Gasteiger partial charge in [0.1, 0.15) is 11.9 Å². The number of ether oxygens (including phenoxy) is 1. The van der Waals surface area contributed by atoms with Gasteiger partial charge in [-0.1, -0.05) is 25.1 Å². The summed E-state index contributed by atoms with van der Waals surface area (Å²) in [6, 6.07) is 8.22. The molecule has 2 aromatic carbocycles. The Morgan fingerprint density at radius 3 is 2.56 bits per heavy atom. The molecule has 1 unspecified atom stereocenters. The number of hydrogen-bond donors (Lipinski definition) is 2. The molecule has 14 heteroatoms. The van der Waals surface area contributed by atoms with Gasteiger partial charge in [0, 0.05) is 50.4 Å². The fraction of sp³-hybridized carbons (Fsp3) is 0.414. The van der Waals surface area contributed by atoms with E-state index in [1.165, 1.54) is 40.5 Å². The molecule has 0 aromatic heterocycles. The monoisotopic (exact) mass is 614 g/mol. The molecule has 2 heterocycles. The molecule has 5 amide bonds. The third-order valence-corrected chi connectivity index (χ3v) is 9.52. The number of fused-ring (bicyclic) bond motifs is 2. The van der Waals surface area contributed by atoms with Gasteiger partial charge >= 0.3 is 12.1 Å². The Morgan fingerprint density at radius 1 is 1.21 bits per heavy atom. The van der Waals surface area contributed by atoms with Crippen LogP contribution in [0, 0.1) is 12.7 Å². The highest BCUT2D eigenvalue weighted by Crippen LogP contribution is 2.47. The van der Waals surface area contributed by atoms with Crippen LogP contribution in [0.25, 0.3) is 0 Å². The zero-order chi connectivity index (χ0) is 31.1. The second kappa shape index (κ2) is 11.6. The second-order valence-corrected chi connectivity index (χ2v) is 12.9. The lowest BCUT2D eigenvalue weighted by molar-refractivity contribution is -0.147. The molecule has 1 aliphatic carbocycles. The summed E-state index contributed by atoms with van der Waals surface area (Å²) < 4.78 is 45.1. The Kier molecular flexibility index (Phi) is 8.18. The van der Waals surface area contributed by atoms with Crippen LogP contribution in [0.15, 0.2) is 42.5 Å². The topological polar surface area (TPSA) is 145 Å². The van der Waals surface area contributed by atoms with Crippen molar-refractivity contribution >= 4 is 39.6 Å². The Hall–Kier alpha value is -4.04. The summed E-state index contributed by atoms with van der Waals surface area (Å²) in [5.41, 5.74) is 0.681. The van der Waals surface area contributed by atoms with Gasteiger partial charge in [-0.15, -0.1) is 0 Å². The first-order valence-electron chi connectivity index (χ1n) is 13.9. The SMILES string of the molecule is [CH2]CC(C(=O)N(Cc1ccc(F)cc1)[C@@H]1CCN(S(C)(=O)=O)C1)N1C(=O)O[C@@]2(CCc3cc(NC(=O)NC)ccc32)C1=O. The first-order valence-corrected chi connectivity index (χ1v) is 15.7. The number of anilines is 1. The van der Waals surface area contributed by atoms with Gasteiger partial charge in [0.15, 0.2) is 0 Å². The number of carbonyl (C=O) groups is 4. The highest BCUT2D eigenvalue weighted by molar-refractivity contribution is 7.88. The molecule has 1 spiro atoms. The molecule has 1 radical (unpaired) electrons. The highest BCUT2D eigenvalue weighted by atomic mass is 32.2. The second-order valence-electron chi connectivity index (χ2n) is 10.9. The van der Waals surface area contributed by atoms with E-state index >= 15 is 0 Å². The molecule has 2 saturated heterocycles. The van der Waals surface area contributed by atoms with E-state index in [0.717, 1.165) is 16.7 Å². The number of halogens is 1. The van der Waals surface area contributed by atoms with Crippen LogP contribution < -0.4 is 10.6 Å². The number of aryl methyl sites for hydroxylation is 1. The number of urea groups is 1. The van der Waals surface area contributed by atoms with E-state index in [9.17, 15) is 32.0 Å². The molecule has 0 saturated carbocycles. The Morgan fingerprint density at radius 2 is 1.93 bits per heavy atom. The number of carbonyl (C=O) groups excluding carboxylic acids is 4. The standard InChI is InChI=1S/C29H33FN5O7S/c1-4-24(25(36)34(16-18-5-7-20(30)8-6-18)22-12-14-33(17-22)43(3,40)41)35-26(37)29(42-28(35)39)13-11-19-15-21(9-10-23(19)29)32-27(38)31-2/h5-10,15,22,24H,1,4,11-14,16-17H2,2-3H3,(H2,31,32,38)/t22-,24?,29-/m1/s1. The zero-order valence-electron chi connectivity index (χ0n) is 23.8. The van der Waals surface area contributed by atoms with Crippen molar-refractivity contribution in [3.05, 3.63) is 71.9 Å². The molecule has 2 aromatic rings. The molecule has 3 atom stereocenters. The lowest BCUT2D eigenvalue weighted by atomic mass is 9.94. The molecule has 2 fully saturated rings. The van der Waals surface area contributed by atoms with Crippen LogP contribution in [0.2, 0.25) is 0 Å². The van der Waals surface area contributed by atoms with Crippen molar-refractivity contribution < 1.29 is 36.7 Å². The van der Waals surface area contributed by atoms with Crippen LogP contribution in [0.5, 0.6) is 0 Å². The van der Waals surface area contributed by atoms with Crippen LogP contribution in [-0.2, 0) is 42.9 Å². The minimum absolute atomic E-state index is 0.00402. The predicted octanol–water partition coefficient (Wildman–Crippen LogP) is 2.35. The highest BCUT2D eigenvalue weighted by Gasteiger charge is 2.60. The number of imide groups is 1. The normalized spacial score (nSPS) is 22.4. The number of rotatable bonds is 8. The minimum atomic E-state index is -3.52. The lowest BCUT2D eigenvalue weighted by Crippen LogP contribution is -2.54. The largest absolute Gasteiger partial charge is 0.427 e. The van der Waals surface area contributed by atoms with Gasteiger partial charge in [-0.05, 0) is 54.7 Å². The van der Waals surface area contributed by atoms with Gasteiger partial charge < -0.3 is 20.3 Å². The van der Waals surface area contributed by atoms with Gasteiger partial charge in [0.05, 0.1) is 6.26 Å². The quantitative estimate of drug-likeness (QED) is 0.464. The first kappa shape index (κ1) is 30.4. The van der Waals surface area contributed by atoms with Crippen molar-refractivity contribution in [2.75, 3.05) is 31.7 Å². The van der Waals surface area contributed by atoms with Crippen LogP contribution in [0.1, 0.15) is 36.0 Å². The summed E-state index contributed by atoms with van der Waals surface area (Å²) in [7, 11) is -2.03. The summed E-state index contributed by atoms with van der Waals surface area (Å²) in [6.45, 7) is 4.10. The van der Waals surface area contributed by atoms with Crippen LogP contribution in [-0.4, -0.2) is 84.9 Å². The van der Waals surface area contributed by atoms with E-state index in [1.54, 1.807) is 18.2 Å². The Labute approximate surface area is 249 Å². The average molecular weight is 615 g/mol. The molecule has 2 aliphatic heterocycles. The van der Waals surface area contributed by atoms with Crippen LogP contribution >= 0.6 is 0 Å². The van der Waals surface area contributed by atoms with Gasteiger partial charge in [0.2, 0.25) is 21.5 Å². The number of sulfonamides is 1. The van der Waals surface area contributed by atoms with Crippen molar-refractivity contribution in [1.82, 2.24) is 19.4 Å². The fourth-order valence-corrected chi connectivity index (χ4v) is 6.90. The number of amides is 5. The molecule has 43 heavy (non-hydrogen) atoms. The van der Waals surface area contributed by atoms with Crippen molar-refractivity contribution in [2.24, 2.45) is 0 Å². The van der Waals surface area contributed by atoms with Crippen molar-refractivity contribution in [1.29, 1.82) is 0 Å². The summed E-state index contributed by atoms with van der Waals surface area (Å²) in [5.74, 6) is -1.73. The van der Waals surface area contributed by atoms with E-state index < -0.39 is 57.5 Å². The molecule has 2 N–H and O–H groups in total. The first-order chi connectivity index (χ1) is 20.4. The number of nitrogens with zero attached hydrogens (tertiary/aromatic N) is 3. The van der Waals surface area contributed by atoms with Gasteiger partial charge in [-0.25, -0.2) is 31.6 Å². The van der Waals surface area contributed by atoms with Gasteiger partial charge in [-0.3, -0.25) is 9.59 Å². The van der Waals surface area contributed by atoms with Crippen molar-refractivity contribution in [3.63, 3.8) is 0 Å². The van der Waals surface area contributed by atoms with Crippen molar-refractivity contribution in [2.45, 2.75) is 49.9 Å². The van der Waals surface area contributed by atoms with E-state index in [4.69, 9.17) is 4.74 Å². The summed E-state index contributed by atoms with van der Waals surface area (Å²) >= 11 is 0. The molecule has 229 valence electrons. The van der Waals surface area contributed by atoms with E-state index in [-0.39, 0.29) is 32.5 Å². The third kappa shape index (κ3) is 5.68. The molecule has 3 aliphatic rings. The average Bonchev–Trinajstić information content (AvgIpc) is 3.66. The van der Waals surface area contributed by atoms with Gasteiger partial charge in [-0.2, -0.15) is 0 Å². The maximum Gasteiger partial charge on any atom is 0.418 e. The van der Waals surface area contributed by atoms with Crippen LogP contribution in [0.4, 0.5) is 19.7 Å². The summed E-state index contributed by atoms with van der Waals surface area (Å²) in [4.78, 5) is 55.5. The van der Waals surface area contributed by atoms with E-state index in [0.29, 0.717) is 29.7 Å². The number of benzene rings is 2. The maximum absolute atomic E-state index is 14.2. The summed E-state index contributed by atoms with van der Waals surface area (Å²) in [6.07, 6.45) is 0.866. The van der Waals surface area contributed by atoms with Gasteiger partial charge in [0.25, 0.3) is 5.91 Å². The molecular weight excluding hydrogens is 581 g/mol. The zero-order valence-corrected chi connectivity index (χ0v) is 24.7. The van der Waals surface area contributed by atoms with Crippen LogP contribution in [0.3, 0.4) is 0 Å². The lowest BCUT2D eigenvalue weighted by Gasteiger charge is -2.34. The van der Waals surface area contributed by atoms with E-state index in [2.05, 4.69) is 17.6 Å². The third-order valence-electron chi connectivity index (χ3n) is 8.25. The molecule has 12 nitrogen and oxygen atoms in total. The smallest absolute Gasteiger partial charge is 0.418 e. The number of nitrogens with one attached hydrogen (secondary N) is 2. The van der Waals surface area contributed by atoms with E-state index in [1.807, 2.05) is 0 Å². The van der Waals surface area contributed by atoms with Crippen molar-refractivity contribution in [3.8, 4) is 0 Å². The molecular formula is C29H33FN5O7S. The summed E-state index contributed by atoms with van der Waals surface area (Å²) in [5, 5.41) is 5.14. The minimum Gasteiger partial charge on any atom is -0.427 e. The maximum atomic E-state index is 14.2. The molecule has 5 rings (SSSR count). The Balaban J connectivity index is 1.44. The Bertz CT molecular complexity index is 1570. The predicted molar refractivity (Wildman–Crippen MR) is 153 cm³/mol.